The van der Waals surface area contributed by atoms with Crippen molar-refractivity contribution >= 4 is 29.5 Å². The molecule has 2 atom stereocenters. The topological polar surface area (TPSA) is 137 Å². The van der Waals surface area contributed by atoms with E-state index in [1.165, 1.54) is 33.1 Å². The summed E-state index contributed by atoms with van der Waals surface area (Å²) >= 11 is 0. The number of hydrogen-bond donors (Lipinski definition) is 3. The number of amides is 3. The largest absolute Gasteiger partial charge is 0.445 e. The molecule has 2 fully saturated rings. The lowest BCUT2D eigenvalue weighted by Gasteiger charge is -2.40. The van der Waals surface area contributed by atoms with Crippen molar-refractivity contribution in [1.82, 2.24) is 25.8 Å². The molecule has 238 valence electrons. The maximum Gasteiger partial charge on any atom is 0.407 e. The van der Waals surface area contributed by atoms with Gasteiger partial charge in [0.25, 0.3) is 0 Å². The van der Waals surface area contributed by atoms with Gasteiger partial charge in [-0.15, -0.1) is 0 Å². The molecule has 11 heteroatoms. The molecule has 0 saturated carbocycles. The number of carbonyl (C=O) groups excluding carboxylic acids is 5. The number of ketones is 2. The van der Waals surface area contributed by atoms with Crippen LogP contribution in [0.1, 0.15) is 77.2 Å². The second kappa shape index (κ2) is 18.4. The molecule has 2 unspecified atom stereocenters. The van der Waals surface area contributed by atoms with Crippen LogP contribution >= 0.6 is 0 Å². The van der Waals surface area contributed by atoms with E-state index in [0.29, 0.717) is 31.8 Å². The maximum atomic E-state index is 13.2. The fraction of sp³-hybridized carbons (Fsp3) is 0.656. The summed E-state index contributed by atoms with van der Waals surface area (Å²) in [6, 6.07) is 8.17. The number of Topliss-reactive ketones (excluding diaryl/α,β-unsaturated/α-hetero) is 2. The highest BCUT2D eigenvalue weighted by atomic mass is 16.5. The maximum absolute atomic E-state index is 13.2. The van der Waals surface area contributed by atoms with Crippen molar-refractivity contribution in [3.05, 3.63) is 35.9 Å². The van der Waals surface area contributed by atoms with Gasteiger partial charge in [-0.2, -0.15) is 0 Å². The van der Waals surface area contributed by atoms with Crippen LogP contribution in [0.25, 0.3) is 0 Å². The monoisotopic (exact) mass is 599 g/mol. The van der Waals surface area contributed by atoms with Crippen molar-refractivity contribution < 1.29 is 28.7 Å². The van der Waals surface area contributed by atoms with Crippen LogP contribution < -0.4 is 16.0 Å². The lowest BCUT2D eigenvalue weighted by molar-refractivity contribution is -0.132. The van der Waals surface area contributed by atoms with Gasteiger partial charge in [0.15, 0.2) is 5.78 Å². The number of nitrogens with one attached hydrogen (secondary N) is 3. The van der Waals surface area contributed by atoms with E-state index in [0.717, 1.165) is 44.6 Å². The number of benzene rings is 1. The molecule has 0 aliphatic carbocycles. The van der Waals surface area contributed by atoms with Crippen LogP contribution in [0, 0.1) is 0 Å². The highest BCUT2D eigenvalue weighted by Crippen LogP contribution is 2.20. The van der Waals surface area contributed by atoms with Gasteiger partial charge < -0.3 is 25.6 Å². The first-order valence-corrected chi connectivity index (χ1v) is 15.7. The molecule has 1 aromatic rings. The first-order valence-electron chi connectivity index (χ1n) is 15.7. The summed E-state index contributed by atoms with van der Waals surface area (Å²) in [4.78, 5) is 66.6. The van der Waals surface area contributed by atoms with E-state index in [4.69, 9.17) is 4.74 Å². The molecular weight excluding hydrogens is 550 g/mol. The highest BCUT2D eigenvalue weighted by Gasteiger charge is 2.29. The van der Waals surface area contributed by atoms with Crippen LogP contribution in [0.4, 0.5) is 4.79 Å². The zero-order chi connectivity index (χ0) is 31.0. The van der Waals surface area contributed by atoms with Crippen molar-refractivity contribution in [3.8, 4) is 0 Å². The van der Waals surface area contributed by atoms with Gasteiger partial charge in [-0.1, -0.05) is 36.8 Å². The van der Waals surface area contributed by atoms with E-state index in [9.17, 15) is 24.0 Å². The minimum absolute atomic E-state index is 0.0945. The lowest BCUT2D eigenvalue weighted by Crippen LogP contribution is -2.54. The SMILES string of the molecule is CC(=O)CC(NC(=O)C(CCCCNC(=O)OCc1ccccc1)NC(=O)CN1CCC(N2CCCCC2)CC1)C(C)=O. The molecule has 2 saturated heterocycles. The Bertz CT molecular complexity index is 1050. The molecule has 11 nitrogen and oxygen atoms in total. The summed E-state index contributed by atoms with van der Waals surface area (Å²) in [6.07, 6.45) is 6.70. The highest BCUT2D eigenvalue weighted by molar-refractivity contribution is 5.94. The van der Waals surface area contributed by atoms with Crippen molar-refractivity contribution in [1.29, 1.82) is 0 Å². The van der Waals surface area contributed by atoms with E-state index in [1.807, 2.05) is 30.3 Å². The number of piperidine rings is 2. The quantitative estimate of drug-likeness (QED) is 0.247. The summed E-state index contributed by atoms with van der Waals surface area (Å²) < 4.78 is 5.22. The van der Waals surface area contributed by atoms with E-state index < -0.39 is 24.1 Å². The van der Waals surface area contributed by atoms with Crippen LogP contribution in [-0.4, -0.2) is 96.7 Å². The van der Waals surface area contributed by atoms with Crippen LogP contribution in [-0.2, 0) is 30.5 Å². The molecular formula is C32H49N5O6. The Morgan fingerprint density at radius 3 is 2.23 bits per heavy atom. The zero-order valence-corrected chi connectivity index (χ0v) is 25.8. The summed E-state index contributed by atoms with van der Waals surface area (Å²) in [6.45, 7) is 7.43. The molecule has 43 heavy (non-hydrogen) atoms. The van der Waals surface area contributed by atoms with Crippen LogP contribution in [0.15, 0.2) is 30.3 Å². The van der Waals surface area contributed by atoms with E-state index in [2.05, 4.69) is 25.8 Å². The van der Waals surface area contributed by atoms with Crippen LogP contribution in [0.5, 0.6) is 0 Å². The van der Waals surface area contributed by atoms with Gasteiger partial charge in [0.2, 0.25) is 11.8 Å². The first-order chi connectivity index (χ1) is 20.7. The average Bonchev–Trinajstić information content (AvgIpc) is 3.00. The lowest BCUT2D eigenvalue weighted by atomic mass is 10.00. The number of carbonyl (C=O) groups is 5. The predicted molar refractivity (Wildman–Crippen MR) is 163 cm³/mol. The Kier molecular flexibility index (Phi) is 14.6. The number of likely N-dealkylation sites (tertiary alicyclic amines) is 2. The molecule has 3 amide bonds. The van der Waals surface area contributed by atoms with Gasteiger partial charge in [0, 0.05) is 32.1 Å². The van der Waals surface area contributed by atoms with Crippen molar-refractivity contribution in [2.45, 2.75) is 96.4 Å². The third kappa shape index (κ3) is 12.8. The van der Waals surface area contributed by atoms with Gasteiger partial charge in [-0.25, -0.2) is 4.79 Å². The van der Waals surface area contributed by atoms with Gasteiger partial charge >= 0.3 is 6.09 Å². The minimum atomic E-state index is -0.931. The predicted octanol–water partition coefficient (Wildman–Crippen LogP) is 2.57. The molecule has 0 spiro atoms. The zero-order valence-electron chi connectivity index (χ0n) is 25.8. The van der Waals surface area contributed by atoms with Crippen molar-refractivity contribution in [2.24, 2.45) is 0 Å². The van der Waals surface area contributed by atoms with Gasteiger partial charge in [0.1, 0.15) is 18.4 Å². The molecule has 0 aromatic heterocycles. The number of rotatable bonds is 16. The summed E-state index contributed by atoms with van der Waals surface area (Å²) in [5.41, 5.74) is 0.891. The Labute approximate surface area is 255 Å². The Balaban J connectivity index is 1.46. The van der Waals surface area contributed by atoms with Gasteiger partial charge in [-0.3, -0.25) is 24.1 Å². The fourth-order valence-electron chi connectivity index (χ4n) is 5.73. The van der Waals surface area contributed by atoms with Crippen LogP contribution in [0.3, 0.4) is 0 Å². The average molecular weight is 600 g/mol. The fourth-order valence-corrected chi connectivity index (χ4v) is 5.73. The van der Waals surface area contributed by atoms with Gasteiger partial charge in [-0.05, 0) is 77.4 Å². The smallest absolute Gasteiger partial charge is 0.407 e. The normalized spacial score (nSPS) is 17.8. The summed E-state index contributed by atoms with van der Waals surface area (Å²) in [5, 5.41) is 8.23. The number of ether oxygens (including phenoxy) is 1. The Hall–Kier alpha value is -3.31. The molecule has 3 rings (SSSR count). The Morgan fingerprint density at radius 2 is 1.58 bits per heavy atom. The second-order valence-electron chi connectivity index (χ2n) is 11.8. The van der Waals surface area contributed by atoms with E-state index in [1.54, 1.807) is 0 Å². The third-order valence-corrected chi connectivity index (χ3v) is 8.18. The Morgan fingerprint density at radius 1 is 0.884 bits per heavy atom. The van der Waals surface area contributed by atoms with Crippen molar-refractivity contribution in [2.75, 3.05) is 39.3 Å². The molecule has 3 N–H and O–H groups in total. The molecule has 1 aromatic carbocycles. The van der Waals surface area contributed by atoms with Crippen LogP contribution in [0.2, 0.25) is 0 Å². The number of nitrogens with zero attached hydrogens (tertiary/aromatic N) is 2. The molecule has 2 aliphatic rings. The third-order valence-electron chi connectivity index (χ3n) is 8.18. The summed E-state index contributed by atoms with van der Waals surface area (Å²) in [7, 11) is 0. The minimum Gasteiger partial charge on any atom is -0.445 e. The number of hydrogen-bond acceptors (Lipinski definition) is 8. The number of alkyl carbamates (subject to hydrolysis) is 1. The van der Waals surface area contributed by atoms with E-state index in [-0.39, 0.29) is 37.0 Å². The molecule has 0 bridgehead atoms. The first kappa shape index (κ1) is 34.2. The summed E-state index contributed by atoms with van der Waals surface area (Å²) in [5.74, 6) is -1.26. The van der Waals surface area contributed by atoms with Crippen molar-refractivity contribution in [3.63, 3.8) is 0 Å². The number of unbranched alkanes of at least 4 members (excludes halogenated alkanes) is 1. The van der Waals surface area contributed by atoms with E-state index >= 15 is 0 Å². The molecule has 2 heterocycles. The standard InChI is InChI=1S/C32H49N5O6/c1-24(38)21-29(25(2)39)35-31(41)28(13-7-8-16-33-32(42)43-23-26-11-5-3-6-12-26)34-30(40)22-36-19-14-27(15-20-36)37-17-9-4-10-18-37/h3,5-6,11-12,27-29H,4,7-10,13-23H2,1-2H3,(H,33,42)(H,34,40)(H,35,41). The second-order valence-corrected chi connectivity index (χ2v) is 11.8. The molecule has 0 radical (unpaired) electrons. The molecule has 2 aliphatic heterocycles. The van der Waals surface area contributed by atoms with Gasteiger partial charge in [0.05, 0.1) is 12.6 Å².